The van der Waals surface area contributed by atoms with Gasteiger partial charge in [-0.3, -0.25) is 4.79 Å². The second kappa shape index (κ2) is 5.75. The molecule has 5 N–H and O–H groups in total. The van der Waals surface area contributed by atoms with Crippen LogP contribution in [0, 0.1) is 0 Å². The van der Waals surface area contributed by atoms with Crippen molar-refractivity contribution < 1.29 is 14.7 Å². The largest absolute Gasteiger partial charge is 0.508 e. The molecule has 0 saturated carbocycles. The number of para-hydroxylation sites is 1. The molecule has 6 nitrogen and oxygen atoms in total. The monoisotopic (exact) mass is 271 g/mol. The van der Waals surface area contributed by atoms with Crippen LogP contribution in [0.3, 0.4) is 0 Å². The topological polar surface area (TPSA) is 104 Å². The highest BCUT2D eigenvalue weighted by Crippen LogP contribution is 2.16. The molecule has 0 unspecified atom stereocenters. The molecule has 0 spiro atoms. The van der Waals surface area contributed by atoms with Crippen LogP contribution in [0.1, 0.15) is 10.4 Å². The highest BCUT2D eigenvalue weighted by Gasteiger charge is 2.10. The second-order valence-electron chi connectivity index (χ2n) is 4.04. The smallest absolute Gasteiger partial charge is 0.323 e. The molecule has 3 amide bonds. The predicted octanol–water partition coefficient (Wildman–Crippen LogP) is 2.14. The van der Waals surface area contributed by atoms with E-state index in [1.807, 2.05) is 0 Å². The Labute approximate surface area is 115 Å². The van der Waals surface area contributed by atoms with E-state index in [2.05, 4.69) is 10.6 Å². The molecule has 6 heteroatoms. The summed E-state index contributed by atoms with van der Waals surface area (Å²) in [6.45, 7) is 0. The van der Waals surface area contributed by atoms with E-state index >= 15 is 0 Å². The van der Waals surface area contributed by atoms with Gasteiger partial charge in [0.25, 0.3) is 5.91 Å². The Bertz CT molecular complexity index is 638. The Morgan fingerprint density at radius 1 is 0.950 bits per heavy atom. The zero-order valence-corrected chi connectivity index (χ0v) is 10.5. The minimum atomic E-state index is -0.620. The van der Waals surface area contributed by atoms with Crippen LogP contribution in [0.2, 0.25) is 0 Å². The maximum absolute atomic E-state index is 11.8. The molecule has 0 aliphatic rings. The van der Waals surface area contributed by atoms with E-state index < -0.39 is 11.9 Å². The maximum atomic E-state index is 11.8. The molecule has 0 radical (unpaired) electrons. The number of anilines is 2. The molecule has 0 aromatic heterocycles. The van der Waals surface area contributed by atoms with Crippen molar-refractivity contribution >= 4 is 23.3 Å². The number of hydrogen-bond donors (Lipinski definition) is 4. The van der Waals surface area contributed by atoms with Crippen molar-refractivity contribution in [1.29, 1.82) is 0 Å². The summed E-state index contributed by atoms with van der Waals surface area (Å²) in [7, 11) is 0. The van der Waals surface area contributed by atoms with Gasteiger partial charge in [-0.2, -0.15) is 0 Å². The molecule has 2 aromatic rings. The number of nitrogens with one attached hydrogen (secondary N) is 2. The van der Waals surface area contributed by atoms with E-state index in [4.69, 9.17) is 10.8 Å². The van der Waals surface area contributed by atoms with E-state index in [1.54, 1.807) is 30.3 Å². The van der Waals surface area contributed by atoms with E-state index in [-0.39, 0.29) is 11.3 Å². The van der Waals surface area contributed by atoms with E-state index in [0.717, 1.165) is 0 Å². The number of urea groups is 1. The van der Waals surface area contributed by atoms with Crippen LogP contribution in [-0.4, -0.2) is 17.0 Å². The van der Waals surface area contributed by atoms with E-state index in [9.17, 15) is 9.59 Å². The molecule has 0 fully saturated rings. The number of carbonyl (C=O) groups excluding carboxylic acids is 2. The highest BCUT2D eigenvalue weighted by atomic mass is 16.3. The lowest BCUT2D eigenvalue weighted by molar-refractivity contribution is 0.100. The summed E-state index contributed by atoms with van der Waals surface area (Å²) in [5, 5.41) is 14.3. The van der Waals surface area contributed by atoms with Gasteiger partial charge in [0.1, 0.15) is 5.75 Å². The number of amides is 3. The summed E-state index contributed by atoms with van der Waals surface area (Å²) in [5.74, 6) is -0.513. The number of benzene rings is 2. The first-order valence-corrected chi connectivity index (χ1v) is 5.82. The summed E-state index contributed by atoms with van der Waals surface area (Å²) in [4.78, 5) is 23.0. The quantitative estimate of drug-likeness (QED) is 0.643. The second-order valence-corrected chi connectivity index (χ2v) is 4.04. The SMILES string of the molecule is NC(=O)c1ccccc1NC(=O)Nc1ccc(O)cc1. The minimum Gasteiger partial charge on any atom is -0.508 e. The summed E-state index contributed by atoms with van der Waals surface area (Å²) in [6, 6.07) is 11.9. The average molecular weight is 271 g/mol. The molecule has 0 saturated heterocycles. The molecule has 102 valence electrons. The van der Waals surface area contributed by atoms with Crippen LogP contribution in [0.4, 0.5) is 16.2 Å². The molecular weight excluding hydrogens is 258 g/mol. The Balaban J connectivity index is 2.08. The maximum Gasteiger partial charge on any atom is 0.323 e. The molecule has 0 aliphatic heterocycles. The first-order valence-electron chi connectivity index (χ1n) is 5.82. The number of rotatable bonds is 3. The van der Waals surface area contributed by atoms with Gasteiger partial charge < -0.3 is 21.5 Å². The summed E-state index contributed by atoms with van der Waals surface area (Å²) in [5.41, 5.74) is 6.29. The first-order chi connectivity index (χ1) is 9.56. The van der Waals surface area contributed by atoms with Crippen LogP contribution < -0.4 is 16.4 Å². The van der Waals surface area contributed by atoms with Crippen molar-refractivity contribution in [2.45, 2.75) is 0 Å². The average Bonchev–Trinajstić information content (AvgIpc) is 2.41. The molecule has 0 bridgehead atoms. The fourth-order valence-corrected chi connectivity index (χ4v) is 1.64. The van der Waals surface area contributed by atoms with Crippen LogP contribution in [0.25, 0.3) is 0 Å². The van der Waals surface area contributed by atoms with Gasteiger partial charge in [0.15, 0.2) is 0 Å². The third kappa shape index (κ3) is 3.26. The van der Waals surface area contributed by atoms with Crippen molar-refractivity contribution in [2.24, 2.45) is 5.73 Å². The lowest BCUT2D eigenvalue weighted by atomic mass is 10.1. The fourth-order valence-electron chi connectivity index (χ4n) is 1.64. The summed E-state index contributed by atoms with van der Waals surface area (Å²) < 4.78 is 0. The molecule has 2 rings (SSSR count). The summed E-state index contributed by atoms with van der Waals surface area (Å²) >= 11 is 0. The van der Waals surface area contributed by atoms with Gasteiger partial charge in [-0.15, -0.1) is 0 Å². The van der Waals surface area contributed by atoms with E-state index in [0.29, 0.717) is 11.4 Å². The summed E-state index contributed by atoms with van der Waals surface area (Å²) in [6.07, 6.45) is 0. The first kappa shape index (κ1) is 13.4. The van der Waals surface area contributed by atoms with Crippen LogP contribution in [0.15, 0.2) is 48.5 Å². The number of nitrogens with two attached hydrogens (primary N) is 1. The van der Waals surface area contributed by atoms with Crippen LogP contribution in [0.5, 0.6) is 5.75 Å². The molecular formula is C14H13N3O3. The minimum absolute atomic E-state index is 0.107. The van der Waals surface area contributed by atoms with Gasteiger partial charge >= 0.3 is 6.03 Å². The van der Waals surface area contributed by atoms with Gasteiger partial charge in [-0.25, -0.2) is 4.79 Å². The molecule has 0 atom stereocenters. The van der Waals surface area contributed by atoms with Crippen molar-refractivity contribution in [2.75, 3.05) is 10.6 Å². The standard InChI is InChI=1S/C14H13N3O3/c15-13(19)11-3-1-2-4-12(11)17-14(20)16-9-5-7-10(18)8-6-9/h1-8,18H,(H2,15,19)(H2,16,17,20). The zero-order chi connectivity index (χ0) is 14.5. The van der Waals surface area contributed by atoms with Crippen LogP contribution >= 0.6 is 0 Å². The van der Waals surface area contributed by atoms with Gasteiger partial charge in [0.05, 0.1) is 11.3 Å². The molecule has 20 heavy (non-hydrogen) atoms. The molecule has 2 aromatic carbocycles. The zero-order valence-electron chi connectivity index (χ0n) is 10.5. The van der Waals surface area contributed by atoms with Crippen molar-refractivity contribution in [3.05, 3.63) is 54.1 Å². The predicted molar refractivity (Wildman–Crippen MR) is 75.7 cm³/mol. The lowest BCUT2D eigenvalue weighted by Crippen LogP contribution is -2.22. The van der Waals surface area contributed by atoms with Gasteiger partial charge in [-0.05, 0) is 36.4 Å². The normalized spacial score (nSPS) is 9.80. The Kier molecular flexibility index (Phi) is 3.85. The number of hydrogen-bond acceptors (Lipinski definition) is 3. The Morgan fingerprint density at radius 2 is 1.60 bits per heavy atom. The Morgan fingerprint density at radius 3 is 2.25 bits per heavy atom. The van der Waals surface area contributed by atoms with Crippen molar-refractivity contribution in [1.82, 2.24) is 0 Å². The van der Waals surface area contributed by atoms with Crippen molar-refractivity contribution in [3.8, 4) is 5.75 Å². The Hall–Kier alpha value is -3.02. The van der Waals surface area contributed by atoms with E-state index in [1.165, 1.54) is 18.2 Å². The number of carbonyl (C=O) groups is 2. The molecule has 0 heterocycles. The number of phenolic OH excluding ortho intramolecular Hbond substituents is 1. The fraction of sp³-hybridized carbons (Fsp3) is 0. The number of aromatic hydroxyl groups is 1. The number of primary amides is 1. The van der Waals surface area contributed by atoms with Gasteiger partial charge in [0.2, 0.25) is 0 Å². The van der Waals surface area contributed by atoms with Gasteiger partial charge in [0, 0.05) is 5.69 Å². The third-order valence-electron chi connectivity index (χ3n) is 2.57. The van der Waals surface area contributed by atoms with Gasteiger partial charge in [-0.1, -0.05) is 12.1 Å². The molecule has 0 aliphatic carbocycles. The third-order valence-corrected chi connectivity index (χ3v) is 2.57. The van der Waals surface area contributed by atoms with Crippen molar-refractivity contribution in [3.63, 3.8) is 0 Å². The lowest BCUT2D eigenvalue weighted by Gasteiger charge is -2.10. The number of phenols is 1. The van der Waals surface area contributed by atoms with Crippen LogP contribution in [-0.2, 0) is 0 Å². The highest BCUT2D eigenvalue weighted by molar-refractivity contribution is 6.06.